The molecule has 6 heteroatoms. The Hall–Kier alpha value is -1.75. The van der Waals surface area contributed by atoms with Crippen molar-refractivity contribution < 1.29 is 4.42 Å². The van der Waals surface area contributed by atoms with E-state index in [-0.39, 0.29) is 0 Å². The van der Waals surface area contributed by atoms with Crippen LogP contribution >= 0.6 is 39.1 Å². The molecule has 1 N–H and O–H groups in total. The Morgan fingerprint density at radius 3 is 2.61 bits per heavy atom. The molecule has 0 amide bonds. The lowest BCUT2D eigenvalue weighted by atomic mass is 10.2. The van der Waals surface area contributed by atoms with E-state index < -0.39 is 0 Å². The first-order chi connectivity index (χ1) is 11.1. The summed E-state index contributed by atoms with van der Waals surface area (Å²) in [4.78, 5) is 7.73. The summed E-state index contributed by atoms with van der Waals surface area (Å²) in [6.07, 6.45) is 0. The second-order valence-corrected chi connectivity index (χ2v) is 6.79. The Bertz CT molecular complexity index is 1020. The average Bonchev–Trinajstić information content (AvgIpc) is 3.12. The molecular weight excluding hydrogens is 399 g/mol. The van der Waals surface area contributed by atoms with E-state index in [1.165, 1.54) is 0 Å². The molecule has 0 aliphatic carbocycles. The number of rotatable bonds is 2. The van der Waals surface area contributed by atoms with Gasteiger partial charge in [0.1, 0.15) is 5.76 Å². The fourth-order valence-corrected chi connectivity index (χ4v) is 3.34. The maximum atomic E-state index is 6.27. The molecule has 0 aliphatic rings. The zero-order valence-electron chi connectivity index (χ0n) is 11.6. The standard InChI is InChI=1S/C17H9BrCl2N2O/c18-9-1-3-11(12(20)7-9)15-5-6-16(23-15)17-21-13-4-2-10(19)8-14(13)22-17/h1-8H,(H,21,22). The molecule has 4 rings (SSSR count). The van der Waals surface area contributed by atoms with Crippen LogP contribution in [0.3, 0.4) is 0 Å². The van der Waals surface area contributed by atoms with Gasteiger partial charge >= 0.3 is 0 Å². The van der Waals surface area contributed by atoms with Crippen LogP contribution in [0.1, 0.15) is 0 Å². The van der Waals surface area contributed by atoms with Gasteiger partial charge < -0.3 is 9.40 Å². The summed E-state index contributed by atoms with van der Waals surface area (Å²) < 4.78 is 6.83. The van der Waals surface area contributed by atoms with Gasteiger partial charge in [-0.05, 0) is 48.5 Å². The molecule has 3 nitrogen and oxygen atoms in total. The summed E-state index contributed by atoms with van der Waals surface area (Å²) >= 11 is 15.7. The highest BCUT2D eigenvalue weighted by molar-refractivity contribution is 9.10. The van der Waals surface area contributed by atoms with Crippen LogP contribution in [0.2, 0.25) is 10.0 Å². The van der Waals surface area contributed by atoms with Crippen LogP contribution in [0.25, 0.3) is 33.9 Å². The van der Waals surface area contributed by atoms with E-state index >= 15 is 0 Å². The van der Waals surface area contributed by atoms with Crippen LogP contribution in [0.15, 0.2) is 57.4 Å². The van der Waals surface area contributed by atoms with Gasteiger partial charge in [0.25, 0.3) is 0 Å². The fourth-order valence-electron chi connectivity index (χ4n) is 2.40. The number of fused-ring (bicyclic) bond motifs is 1. The highest BCUT2D eigenvalue weighted by Crippen LogP contribution is 2.34. The number of imidazole rings is 1. The van der Waals surface area contributed by atoms with E-state index in [0.29, 0.717) is 27.4 Å². The summed E-state index contributed by atoms with van der Waals surface area (Å²) in [6.45, 7) is 0. The molecular formula is C17H9BrCl2N2O. The van der Waals surface area contributed by atoms with E-state index in [2.05, 4.69) is 25.9 Å². The van der Waals surface area contributed by atoms with Gasteiger partial charge in [-0.3, -0.25) is 0 Å². The van der Waals surface area contributed by atoms with E-state index in [1.54, 1.807) is 0 Å². The molecule has 4 aromatic rings. The first kappa shape index (κ1) is 14.8. The molecule has 0 unspecified atom stereocenters. The van der Waals surface area contributed by atoms with E-state index in [9.17, 15) is 0 Å². The van der Waals surface area contributed by atoms with Crippen molar-refractivity contribution in [1.29, 1.82) is 0 Å². The van der Waals surface area contributed by atoms with Crippen LogP contribution in [0, 0.1) is 0 Å². The minimum Gasteiger partial charge on any atom is -0.453 e. The maximum Gasteiger partial charge on any atom is 0.174 e. The van der Waals surface area contributed by atoms with Gasteiger partial charge in [-0.1, -0.05) is 39.1 Å². The summed E-state index contributed by atoms with van der Waals surface area (Å²) in [7, 11) is 0. The van der Waals surface area contributed by atoms with Gasteiger partial charge in [-0.15, -0.1) is 0 Å². The lowest BCUT2D eigenvalue weighted by Gasteiger charge is -2.01. The monoisotopic (exact) mass is 406 g/mol. The topological polar surface area (TPSA) is 41.8 Å². The summed E-state index contributed by atoms with van der Waals surface area (Å²) in [5, 5.41) is 1.28. The second-order valence-electron chi connectivity index (χ2n) is 5.03. The molecule has 2 aromatic heterocycles. The number of halogens is 3. The van der Waals surface area contributed by atoms with Crippen molar-refractivity contribution in [2.45, 2.75) is 0 Å². The molecule has 0 atom stereocenters. The summed E-state index contributed by atoms with van der Waals surface area (Å²) in [5.41, 5.74) is 2.54. The lowest BCUT2D eigenvalue weighted by molar-refractivity contribution is 0.593. The number of hydrogen-bond acceptors (Lipinski definition) is 2. The molecule has 0 saturated heterocycles. The molecule has 0 fully saturated rings. The first-order valence-electron chi connectivity index (χ1n) is 6.81. The average molecular weight is 408 g/mol. The Labute approximate surface area is 150 Å². The Balaban J connectivity index is 1.76. The largest absolute Gasteiger partial charge is 0.453 e. The molecule has 0 spiro atoms. The number of aromatic nitrogens is 2. The number of furan rings is 1. The minimum atomic E-state index is 0.622. The van der Waals surface area contributed by atoms with Crippen LogP contribution in [0.4, 0.5) is 0 Å². The Morgan fingerprint density at radius 1 is 0.957 bits per heavy atom. The van der Waals surface area contributed by atoms with Crippen LogP contribution < -0.4 is 0 Å². The molecule has 23 heavy (non-hydrogen) atoms. The van der Waals surface area contributed by atoms with E-state index in [0.717, 1.165) is 21.1 Å². The van der Waals surface area contributed by atoms with Crippen LogP contribution in [-0.4, -0.2) is 9.97 Å². The van der Waals surface area contributed by atoms with Gasteiger partial charge in [-0.2, -0.15) is 0 Å². The number of aromatic amines is 1. The molecule has 2 aromatic carbocycles. The molecule has 0 aliphatic heterocycles. The fraction of sp³-hybridized carbons (Fsp3) is 0. The third-order valence-corrected chi connectivity index (χ3v) is 4.52. The van der Waals surface area contributed by atoms with Crippen molar-refractivity contribution in [1.82, 2.24) is 9.97 Å². The number of H-pyrrole nitrogens is 1. The van der Waals surface area contributed by atoms with Gasteiger partial charge in [0, 0.05) is 15.1 Å². The maximum absolute atomic E-state index is 6.27. The van der Waals surface area contributed by atoms with Gasteiger partial charge in [0.05, 0.1) is 16.1 Å². The molecule has 114 valence electrons. The number of hydrogen-bond donors (Lipinski definition) is 1. The number of benzene rings is 2. The zero-order chi connectivity index (χ0) is 16.0. The normalized spacial score (nSPS) is 11.3. The van der Waals surface area contributed by atoms with Crippen molar-refractivity contribution in [3.8, 4) is 22.9 Å². The number of nitrogens with one attached hydrogen (secondary N) is 1. The van der Waals surface area contributed by atoms with E-state index in [4.69, 9.17) is 27.6 Å². The Morgan fingerprint density at radius 2 is 1.78 bits per heavy atom. The third kappa shape index (κ3) is 2.78. The highest BCUT2D eigenvalue weighted by atomic mass is 79.9. The lowest BCUT2D eigenvalue weighted by Crippen LogP contribution is -1.77. The van der Waals surface area contributed by atoms with Crippen molar-refractivity contribution >= 4 is 50.2 Å². The third-order valence-electron chi connectivity index (χ3n) is 3.48. The van der Waals surface area contributed by atoms with Crippen molar-refractivity contribution in [2.24, 2.45) is 0 Å². The molecule has 0 saturated carbocycles. The predicted octanol–water partition coefficient (Wildman–Crippen LogP) is 6.56. The quantitative estimate of drug-likeness (QED) is 0.408. The first-order valence-corrected chi connectivity index (χ1v) is 8.36. The summed E-state index contributed by atoms with van der Waals surface area (Å²) in [6, 6.07) is 14.9. The smallest absolute Gasteiger partial charge is 0.174 e. The second kappa shape index (κ2) is 5.71. The van der Waals surface area contributed by atoms with Crippen molar-refractivity contribution in [2.75, 3.05) is 0 Å². The molecule has 0 radical (unpaired) electrons. The highest BCUT2D eigenvalue weighted by Gasteiger charge is 2.13. The zero-order valence-corrected chi connectivity index (χ0v) is 14.7. The van der Waals surface area contributed by atoms with Gasteiger partial charge in [0.15, 0.2) is 11.6 Å². The van der Waals surface area contributed by atoms with Crippen LogP contribution in [0.5, 0.6) is 0 Å². The number of nitrogens with zero attached hydrogens (tertiary/aromatic N) is 1. The molecule has 2 heterocycles. The summed E-state index contributed by atoms with van der Waals surface area (Å²) in [5.74, 6) is 1.99. The van der Waals surface area contributed by atoms with E-state index in [1.807, 2.05) is 48.5 Å². The SMILES string of the molecule is Clc1ccc2nc(-c3ccc(-c4ccc(Br)cc4Cl)o3)[nH]c2c1. The molecule has 0 bridgehead atoms. The van der Waals surface area contributed by atoms with Crippen LogP contribution in [-0.2, 0) is 0 Å². The Kier molecular flexibility index (Phi) is 3.68. The van der Waals surface area contributed by atoms with Crippen molar-refractivity contribution in [3.05, 3.63) is 63.0 Å². The van der Waals surface area contributed by atoms with Crippen molar-refractivity contribution in [3.63, 3.8) is 0 Å². The minimum absolute atomic E-state index is 0.622. The predicted molar refractivity (Wildman–Crippen MR) is 97.0 cm³/mol. The van der Waals surface area contributed by atoms with Gasteiger partial charge in [0.2, 0.25) is 0 Å². The van der Waals surface area contributed by atoms with Gasteiger partial charge in [-0.25, -0.2) is 4.98 Å².